The highest BCUT2D eigenvalue weighted by Crippen LogP contribution is 2.18. The fourth-order valence-corrected chi connectivity index (χ4v) is 1.64. The standard InChI is InChI=1S/C14H19NO7/c1-10(17)22-9-14(2,8-16)13(20)21-7-3-6-15-11(18)4-5-12(15)19/h4-5,16H,3,6-9H2,1-2H3. The third kappa shape index (κ3) is 4.66. The molecule has 0 spiro atoms. The van der Waals surface area contributed by atoms with E-state index in [4.69, 9.17) is 9.47 Å². The monoisotopic (exact) mass is 313 g/mol. The van der Waals surface area contributed by atoms with Gasteiger partial charge in [-0.1, -0.05) is 0 Å². The molecule has 1 aliphatic rings. The number of ether oxygens (including phenoxy) is 2. The summed E-state index contributed by atoms with van der Waals surface area (Å²) in [5, 5.41) is 9.27. The van der Waals surface area contributed by atoms with Gasteiger partial charge in [0, 0.05) is 25.6 Å². The number of nitrogens with zero attached hydrogens (tertiary/aromatic N) is 1. The van der Waals surface area contributed by atoms with E-state index in [1.807, 2.05) is 0 Å². The first-order valence-electron chi connectivity index (χ1n) is 6.75. The summed E-state index contributed by atoms with van der Waals surface area (Å²) in [6, 6.07) is 0. The highest BCUT2D eigenvalue weighted by atomic mass is 16.6. The van der Waals surface area contributed by atoms with Crippen LogP contribution in [0.25, 0.3) is 0 Å². The minimum atomic E-state index is -1.34. The van der Waals surface area contributed by atoms with Gasteiger partial charge >= 0.3 is 11.9 Å². The van der Waals surface area contributed by atoms with E-state index < -0.39 is 35.8 Å². The lowest BCUT2D eigenvalue weighted by Gasteiger charge is -2.24. The number of imide groups is 1. The Hall–Kier alpha value is -2.22. The number of rotatable bonds is 8. The fourth-order valence-electron chi connectivity index (χ4n) is 1.64. The number of carbonyl (C=O) groups is 4. The number of carbonyl (C=O) groups excluding carboxylic acids is 4. The third-order valence-corrected chi connectivity index (χ3v) is 3.10. The van der Waals surface area contributed by atoms with E-state index in [1.165, 1.54) is 26.0 Å². The van der Waals surface area contributed by atoms with Crippen molar-refractivity contribution in [2.24, 2.45) is 5.41 Å². The zero-order valence-electron chi connectivity index (χ0n) is 12.5. The van der Waals surface area contributed by atoms with Crippen LogP contribution in [0.3, 0.4) is 0 Å². The summed E-state index contributed by atoms with van der Waals surface area (Å²) < 4.78 is 9.73. The van der Waals surface area contributed by atoms with Crippen LogP contribution < -0.4 is 0 Å². The van der Waals surface area contributed by atoms with Gasteiger partial charge in [-0.2, -0.15) is 0 Å². The normalized spacial score (nSPS) is 16.6. The highest BCUT2D eigenvalue weighted by Gasteiger charge is 2.36. The van der Waals surface area contributed by atoms with E-state index in [0.29, 0.717) is 0 Å². The molecule has 1 N–H and O–H groups in total. The Labute approximate surface area is 127 Å². The Bertz CT molecular complexity index is 481. The second-order valence-electron chi connectivity index (χ2n) is 5.15. The van der Waals surface area contributed by atoms with Gasteiger partial charge < -0.3 is 14.6 Å². The molecule has 0 bridgehead atoms. The van der Waals surface area contributed by atoms with E-state index in [0.717, 1.165) is 4.90 Å². The first kappa shape index (κ1) is 17.8. The maximum atomic E-state index is 11.9. The smallest absolute Gasteiger partial charge is 0.317 e. The molecule has 0 saturated heterocycles. The number of aliphatic hydroxyl groups excluding tert-OH is 1. The Morgan fingerprint density at radius 3 is 2.32 bits per heavy atom. The van der Waals surface area contributed by atoms with E-state index >= 15 is 0 Å². The SMILES string of the molecule is CC(=O)OCC(C)(CO)C(=O)OCCCN1C(=O)C=CC1=O. The van der Waals surface area contributed by atoms with Crippen molar-refractivity contribution in [3.05, 3.63) is 12.2 Å². The van der Waals surface area contributed by atoms with Gasteiger partial charge in [-0.25, -0.2) is 0 Å². The Kier molecular flexibility index (Phi) is 6.24. The van der Waals surface area contributed by atoms with Crippen LogP contribution in [-0.2, 0) is 28.7 Å². The first-order valence-corrected chi connectivity index (χ1v) is 6.75. The minimum Gasteiger partial charge on any atom is -0.465 e. The maximum absolute atomic E-state index is 11.9. The molecule has 22 heavy (non-hydrogen) atoms. The molecule has 0 radical (unpaired) electrons. The lowest BCUT2D eigenvalue weighted by atomic mass is 9.93. The van der Waals surface area contributed by atoms with Gasteiger partial charge in [0.2, 0.25) is 0 Å². The predicted octanol–water partition coefficient (Wildman–Crippen LogP) is -0.594. The fraction of sp³-hybridized carbons (Fsp3) is 0.571. The molecule has 0 aliphatic carbocycles. The van der Waals surface area contributed by atoms with Crippen molar-refractivity contribution in [2.75, 3.05) is 26.4 Å². The van der Waals surface area contributed by atoms with Crippen molar-refractivity contribution in [1.29, 1.82) is 0 Å². The summed E-state index contributed by atoms with van der Waals surface area (Å²) in [5.41, 5.74) is -1.34. The van der Waals surface area contributed by atoms with Crippen LogP contribution in [0.4, 0.5) is 0 Å². The summed E-state index contributed by atoms with van der Waals surface area (Å²) >= 11 is 0. The minimum absolute atomic E-state index is 0.0223. The zero-order valence-corrected chi connectivity index (χ0v) is 12.5. The van der Waals surface area contributed by atoms with Gasteiger partial charge in [-0.15, -0.1) is 0 Å². The molecule has 8 nitrogen and oxygen atoms in total. The molecule has 1 atom stereocenters. The van der Waals surface area contributed by atoms with Crippen LogP contribution in [0.1, 0.15) is 20.3 Å². The van der Waals surface area contributed by atoms with E-state index in [1.54, 1.807) is 0 Å². The van der Waals surface area contributed by atoms with Gasteiger partial charge in [0.25, 0.3) is 11.8 Å². The summed E-state index contributed by atoms with van der Waals surface area (Å²) in [6.45, 7) is 1.90. The van der Waals surface area contributed by atoms with E-state index in [2.05, 4.69) is 0 Å². The number of esters is 2. The van der Waals surface area contributed by atoms with Crippen LogP contribution in [0.2, 0.25) is 0 Å². The van der Waals surface area contributed by atoms with Gasteiger partial charge in [0.1, 0.15) is 12.0 Å². The Morgan fingerprint density at radius 2 is 1.82 bits per heavy atom. The van der Waals surface area contributed by atoms with Crippen LogP contribution in [0.5, 0.6) is 0 Å². The van der Waals surface area contributed by atoms with Crippen molar-refractivity contribution in [3.8, 4) is 0 Å². The van der Waals surface area contributed by atoms with Crippen molar-refractivity contribution < 1.29 is 33.8 Å². The molecule has 8 heteroatoms. The van der Waals surface area contributed by atoms with Crippen LogP contribution in [0, 0.1) is 5.41 Å². The predicted molar refractivity (Wildman–Crippen MR) is 73.3 cm³/mol. The number of hydrogen-bond donors (Lipinski definition) is 1. The highest BCUT2D eigenvalue weighted by molar-refractivity contribution is 6.12. The largest absolute Gasteiger partial charge is 0.465 e. The maximum Gasteiger partial charge on any atom is 0.317 e. The summed E-state index contributed by atoms with van der Waals surface area (Å²) in [7, 11) is 0. The third-order valence-electron chi connectivity index (χ3n) is 3.10. The first-order chi connectivity index (χ1) is 10.3. The molecular formula is C14H19NO7. The quantitative estimate of drug-likeness (QED) is 0.362. The van der Waals surface area contributed by atoms with E-state index in [9.17, 15) is 24.3 Å². The molecular weight excluding hydrogens is 294 g/mol. The summed E-state index contributed by atoms with van der Waals surface area (Å²) in [5.74, 6) is -2.07. The average molecular weight is 313 g/mol. The van der Waals surface area contributed by atoms with Crippen molar-refractivity contribution in [2.45, 2.75) is 20.3 Å². The molecule has 122 valence electrons. The zero-order chi connectivity index (χ0) is 16.8. The van der Waals surface area contributed by atoms with Crippen molar-refractivity contribution in [3.63, 3.8) is 0 Å². The topological polar surface area (TPSA) is 110 Å². The molecule has 0 aromatic carbocycles. The molecule has 0 aromatic heterocycles. The Balaban J connectivity index is 2.36. The van der Waals surface area contributed by atoms with Gasteiger partial charge in [0.05, 0.1) is 13.2 Å². The van der Waals surface area contributed by atoms with Crippen molar-refractivity contribution in [1.82, 2.24) is 4.90 Å². The lowest BCUT2D eigenvalue weighted by molar-refractivity contribution is -0.165. The van der Waals surface area contributed by atoms with E-state index in [-0.39, 0.29) is 26.2 Å². The lowest BCUT2D eigenvalue weighted by Crippen LogP contribution is -2.39. The van der Waals surface area contributed by atoms with Crippen molar-refractivity contribution >= 4 is 23.8 Å². The van der Waals surface area contributed by atoms with Gasteiger partial charge in [0.15, 0.2) is 0 Å². The summed E-state index contributed by atoms with van der Waals surface area (Å²) in [4.78, 5) is 46.3. The molecule has 1 rings (SSSR count). The molecule has 0 saturated carbocycles. The number of aliphatic hydroxyl groups is 1. The number of hydrogen-bond acceptors (Lipinski definition) is 7. The van der Waals surface area contributed by atoms with Gasteiger partial charge in [-0.05, 0) is 13.3 Å². The summed E-state index contributed by atoms with van der Waals surface area (Å²) in [6.07, 6.45) is 2.63. The van der Waals surface area contributed by atoms with Crippen LogP contribution in [0.15, 0.2) is 12.2 Å². The second kappa shape index (κ2) is 7.69. The van der Waals surface area contributed by atoms with Crippen LogP contribution >= 0.6 is 0 Å². The Morgan fingerprint density at radius 1 is 1.23 bits per heavy atom. The second-order valence-corrected chi connectivity index (χ2v) is 5.15. The molecule has 1 unspecified atom stereocenters. The molecule has 2 amide bonds. The molecule has 0 aromatic rings. The molecule has 1 heterocycles. The molecule has 0 fully saturated rings. The van der Waals surface area contributed by atoms with Crippen LogP contribution in [-0.4, -0.2) is 60.1 Å². The molecule has 1 aliphatic heterocycles. The number of amides is 2. The van der Waals surface area contributed by atoms with Gasteiger partial charge in [-0.3, -0.25) is 24.1 Å². The average Bonchev–Trinajstić information content (AvgIpc) is 2.80.